The van der Waals surface area contributed by atoms with Crippen LogP contribution in [0.1, 0.15) is 160 Å². The molecule has 14 atom stereocenters. The number of allylic oxidation sites excluding steroid dienone is 9. The third-order valence-electron chi connectivity index (χ3n) is 25.0. The summed E-state index contributed by atoms with van der Waals surface area (Å²) in [6.45, 7) is 16.4. The summed E-state index contributed by atoms with van der Waals surface area (Å²) in [7, 11) is 0. The minimum absolute atomic E-state index is 0.109. The number of carboxylic acid groups (broad SMARTS) is 1. The SMILES string of the molecule is C=C1CCC(C(=O)O)C2C(O)CC34CC(Cc5ccccc5)CC(CC5=C3CC36C=C7C(=c8ccccc8=CC7C57CCC(O)C(C)(CC=C3CC(C)C)C67)Cc3cccc(c3)C3=CC=C(NCCCC1C1CCCCC1)NC3)C24C. The summed E-state index contributed by atoms with van der Waals surface area (Å²) in [5.74, 6) is 1.59. The standard InChI is InChI=1S/C75H92N2O4/c1-46(2)34-55-29-31-71(4)66(79)30-32-75-62-39-53-21-12-13-23-58(53)60-38-49-18-14-22-52(36-49)54-26-28-67(77-45-54)76-33-15-24-57(51-19-10-7-11-20-51)47(3)25-27-59(69(80)81)68-65(78)44-74-41-50(35-48-16-8-6-9-17-48)37-56(72(68,74)5)40-63(75)64(74)43-73(55,70(71)75)42-61(60)62/h6,8-9,12-14,16-18,21-23,26,28-29,36,39,42,46,50-51,56-57,59,62,65-66,68,70,76-79H,3,7,10-11,15,19-20,24-25,27,30-35,37-38,40-41,43-45H2,1-2,4-5H3,(H,80,81). The van der Waals surface area contributed by atoms with Crippen LogP contribution in [0.4, 0.5) is 0 Å². The minimum atomic E-state index is -0.735. The fourth-order valence-electron chi connectivity index (χ4n) is 22.0. The summed E-state index contributed by atoms with van der Waals surface area (Å²) in [6, 6.07) is 29.8. The van der Waals surface area contributed by atoms with Crippen LogP contribution in [0.25, 0.3) is 17.2 Å². The number of benzene rings is 3. The molecule has 3 aromatic carbocycles. The number of dihydropyridines is 1. The molecule has 81 heavy (non-hydrogen) atoms. The number of aliphatic hydroxyl groups excluding tert-OH is 2. The molecule has 0 saturated heterocycles. The van der Waals surface area contributed by atoms with E-state index in [0.717, 1.165) is 96.0 Å². The molecule has 15 bridgehead atoms. The van der Waals surface area contributed by atoms with Crippen LogP contribution in [0.3, 0.4) is 0 Å². The topological polar surface area (TPSA) is 102 Å². The predicted octanol–water partition coefficient (Wildman–Crippen LogP) is 13.7. The molecular formula is C75H92N2O4. The van der Waals surface area contributed by atoms with Crippen molar-refractivity contribution in [2.45, 2.75) is 168 Å². The number of carboxylic acids is 1. The summed E-state index contributed by atoms with van der Waals surface area (Å²) < 4.78 is 0. The Hall–Kier alpha value is -5.17. The molecule has 5 N–H and O–H groups in total. The molecule has 6 heteroatoms. The zero-order valence-electron chi connectivity index (χ0n) is 49.3. The summed E-state index contributed by atoms with van der Waals surface area (Å²) in [5.41, 5.74) is 12.5. The highest BCUT2D eigenvalue weighted by Gasteiger charge is 2.78. The minimum Gasteiger partial charge on any atom is -0.481 e. The highest BCUT2D eigenvalue weighted by atomic mass is 16.4. The van der Waals surface area contributed by atoms with Gasteiger partial charge in [-0.25, -0.2) is 0 Å². The molecule has 0 radical (unpaired) electrons. The zero-order valence-corrected chi connectivity index (χ0v) is 49.3. The summed E-state index contributed by atoms with van der Waals surface area (Å²) >= 11 is 0. The third-order valence-corrected chi connectivity index (χ3v) is 25.0. The highest BCUT2D eigenvalue weighted by molar-refractivity contribution is 5.78. The number of hydrogen-bond acceptors (Lipinski definition) is 5. The Labute approximate surface area is 483 Å². The van der Waals surface area contributed by atoms with E-state index in [1.807, 2.05) is 0 Å². The number of aliphatic carboxylic acids is 1. The van der Waals surface area contributed by atoms with E-state index in [0.29, 0.717) is 42.9 Å². The van der Waals surface area contributed by atoms with Crippen LogP contribution in [0.2, 0.25) is 0 Å². The molecule has 14 unspecified atom stereocenters. The molecule has 6 heterocycles. The lowest BCUT2D eigenvalue weighted by atomic mass is 9.28. The average molecular weight is 1090 g/mol. The zero-order chi connectivity index (χ0) is 55.6. The summed E-state index contributed by atoms with van der Waals surface area (Å²) in [4.78, 5) is 14.5. The van der Waals surface area contributed by atoms with Crippen molar-refractivity contribution in [1.29, 1.82) is 0 Å². The van der Waals surface area contributed by atoms with Gasteiger partial charge >= 0.3 is 5.97 Å². The highest BCUT2D eigenvalue weighted by Crippen LogP contribution is 2.84. The predicted molar refractivity (Wildman–Crippen MR) is 327 cm³/mol. The van der Waals surface area contributed by atoms with Gasteiger partial charge in [-0.3, -0.25) is 4.79 Å². The first-order chi connectivity index (χ1) is 39.2. The van der Waals surface area contributed by atoms with Gasteiger partial charge in [0.1, 0.15) is 0 Å². The monoisotopic (exact) mass is 1080 g/mol. The van der Waals surface area contributed by atoms with Crippen molar-refractivity contribution in [1.82, 2.24) is 10.6 Å². The van der Waals surface area contributed by atoms with Crippen LogP contribution in [0, 0.1) is 80.3 Å². The fourth-order valence-corrected chi connectivity index (χ4v) is 22.0. The number of rotatable bonds is 6. The van der Waals surface area contributed by atoms with Crippen LogP contribution in [0.5, 0.6) is 0 Å². The van der Waals surface area contributed by atoms with E-state index in [1.165, 1.54) is 81.5 Å². The number of carbonyl (C=O) groups is 1. The molecule has 9 aliphatic carbocycles. The van der Waals surface area contributed by atoms with Gasteiger partial charge in [-0.05, 0) is 200 Å². The van der Waals surface area contributed by atoms with Gasteiger partial charge in [0.25, 0.3) is 0 Å². The Morgan fingerprint density at radius 2 is 1.68 bits per heavy atom. The van der Waals surface area contributed by atoms with Gasteiger partial charge in [0.05, 0.1) is 23.9 Å². The van der Waals surface area contributed by atoms with Gasteiger partial charge in [0.15, 0.2) is 0 Å². The first kappa shape index (κ1) is 53.8. The Morgan fingerprint density at radius 3 is 2.47 bits per heavy atom. The van der Waals surface area contributed by atoms with Crippen molar-refractivity contribution in [2.24, 2.45) is 80.3 Å². The molecule has 3 aromatic rings. The van der Waals surface area contributed by atoms with E-state index in [1.54, 1.807) is 16.7 Å². The second kappa shape index (κ2) is 20.3. The van der Waals surface area contributed by atoms with Gasteiger partial charge < -0.3 is 26.0 Å². The molecule has 6 nitrogen and oxygen atoms in total. The fraction of sp³-hybridized carbons (Fsp3) is 0.560. The van der Waals surface area contributed by atoms with Gasteiger partial charge in [-0.2, -0.15) is 0 Å². The Bertz CT molecular complexity index is 3320. The lowest BCUT2D eigenvalue weighted by Gasteiger charge is -2.75. The maximum absolute atomic E-state index is 14.5. The van der Waals surface area contributed by atoms with Crippen molar-refractivity contribution in [3.63, 3.8) is 0 Å². The number of hydrogen-bond donors (Lipinski definition) is 5. The van der Waals surface area contributed by atoms with Crippen molar-refractivity contribution < 1.29 is 20.1 Å². The molecule has 4 fully saturated rings. The second-order valence-corrected chi connectivity index (χ2v) is 29.3. The molecule has 6 aliphatic heterocycles. The lowest BCUT2D eigenvalue weighted by molar-refractivity contribution is -0.175. The van der Waals surface area contributed by atoms with Crippen LogP contribution in [0.15, 0.2) is 143 Å². The Kier molecular flexibility index (Phi) is 13.5. The van der Waals surface area contributed by atoms with Gasteiger partial charge in [0.2, 0.25) is 0 Å². The van der Waals surface area contributed by atoms with Gasteiger partial charge in [-0.1, -0.05) is 179 Å². The van der Waals surface area contributed by atoms with E-state index in [4.69, 9.17) is 6.58 Å². The smallest absolute Gasteiger partial charge is 0.306 e. The first-order valence-corrected chi connectivity index (χ1v) is 32.4. The molecule has 426 valence electrons. The molecule has 0 amide bonds. The van der Waals surface area contributed by atoms with E-state index >= 15 is 0 Å². The van der Waals surface area contributed by atoms with Crippen LogP contribution >= 0.6 is 0 Å². The maximum Gasteiger partial charge on any atom is 0.306 e. The van der Waals surface area contributed by atoms with Crippen molar-refractivity contribution in [3.05, 3.63) is 171 Å². The van der Waals surface area contributed by atoms with Crippen molar-refractivity contribution in [3.8, 4) is 0 Å². The Morgan fingerprint density at radius 1 is 0.864 bits per heavy atom. The second-order valence-electron chi connectivity index (χ2n) is 29.3. The number of fused-ring (bicyclic) bond motifs is 1. The van der Waals surface area contributed by atoms with E-state index in [2.05, 4.69) is 148 Å². The van der Waals surface area contributed by atoms with E-state index in [-0.39, 0.29) is 45.3 Å². The van der Waals surface area contributed by atoms with Crippen molar-refractivity contribution in [2.75, 3.05) is 13.1 Å². The average Bonchev–Trinajstić information content (AvgIpc) is 2.63. The number of aliphatic hydroxyl groups is 2. The van der Waals surface area contributed by atoms with Crippen LogP contribution in [-0.2, 0) is 17.6 Å². The largest absolute Gasteiger partial charge is 0.481 e. The van der Waals surface area contributed by atoms with Gasteiger partial charge in [0, 0.05) is 46.6 Å². The molecule has 2 spiro atoms. The quantitative estimate of drug-likeness (QED) is 0.158. The molecule has 15 aliphatic rings. The van der Waals surface area contributed by atoms with Crippen molar-refractivity contribution >= 4 is 23.2 Å². The maximum atomic E-state index is 14.5. The third kappa shape index (κ3) is 8.29. The molecular weight excluding hydrogens is 993 g/mol. The molecule has 4 saturated carbocycles. The van der Waals surface area contributed by atoms with E-state index < -0.39 is 29.5 Å². The molecule has 0 aromatic heterocycles. The Balaban J connectivity index is 0.995. The summed E-state index contributed by atoms with van der Waals surface area (Å²) in [5, 5.41) is 48.4. The van der Waals surface area contributed by atoms with Crippen LogP contribution < -0.4 is 21.1 Å². The normalized spacial score (nSPS) is 38.9. The first-order valence-electron chi connectivity index (χ1n) is 32.4. The summed E-state index contributed by atoms with van der Waals surface area (Å²) in [6.07, 6.45) is 31.1. The number of nitrogens with one attached hydrogen (secondary N) is 2. The van der Waals surface area contributed by atoms with Gasteiger partial charge in [-0.15, -0.1) is 0 Å². The van der Waals surface area contributed by atoms with Crippen LogP contribution in [-0.4, -0.2) is 46.6 Å². The lowest BCUT2D eigenvalue weighted by Crippen LogP contribution is -2.69. The van der Waals surface area contributed by atoms with E-state index in [9.17, 15) is 20.1 Å². The molecule has 18 rings (SSSR count).